The summed E-state index contributed by atoms with van der Waals surface area (Å²) in [4.78, 5) is 25.8. The molecule has 2 rings (SSSR count). The number of anilines is 1. The van der Waals surface area contributed by atoms with E-state index in [-0.39, 0.29) is 18.2 Å². The van der Waals surface area contributed by atoms with Crippen molar-refractivity contribution in [1.29, 1.82) is 0 Å². The Bertz CT molecular complexity index is 774. The van der Waals surface area contributed by atoms with E-state index in [1.54, 1.807) is 17.0 Å². The number of halogens is 1. The normalized spacial score (nSPS) is 10.4. The van der Waals surface area contributed by atoms with Crippen LogP contribution in [0, 0.1) is 13.8 Å². The lowest BCUT2D eigenvalue weighted by Gasteiger charge is -2.21. The van der Waals surface area contributed by atoms with E-state index in [1.807, 2.05) is 44.2 Å². The zero-order chi connectivity index (χ0) is 18.4. The van der Waals surface area contributed by atoms with Crippen LogP contribution < -0.4 is 5.32 Å². The van der Waals surface area contributed by atoms with E-state index < -0.39 is 0 Å². The molecule has 5 heteroatoms. The topological polar surface area (TPSA) is 49.4 Å². The fourth-order valence-electron chi connectivity index (χ4n) is 2.57. The Hall–Kier alpha value is -2.33. The second-order valence-electron chi connectivity index (χ2n) is 6.14. The van der Waals surface area contributed by atoms with Gasteiger partial charge in [0, 0.05) is 37.1 Å². The van der Waals surface area contributed by atoms with Gasteiger partial charge in [-0.2, -0.15) is 0 Å². The third-order valence-corrected chi connectivity index (χ3v) is 4.46. The van der Waals surface area contributed by atoms with Crippen molar-refractivity contribution in [1.82, 2.24) is 4.90 Å². The van der Waals surface area contributed by atoms with E-state index in [4.69, 9.17) is 11.6 Å². The molecule has 1 N–H and O–H groups in total. The van der Waals surface area contributed by atoms with Gasteiger partial charge in [-0.25, -0.2) is 0 Å². The summed E-state index contributed by atoms with van der Waals surface area (Å²) in [6.45, 7) is 6.27. The van der Waals surface area contributed by atoms with Crippen molar-refractivity contribution in [2.45, 2.75) is 33.7 Å². The molecule has 0 radical (unpaired) electrons. The van der Waals surface area contributed by atoms with E-state index in [9.17, 15) is 9.59 Å². The molecule has 0 aliphatic carbocycles. The van der Waals surface area contributed by atoms with E-state index in [1.165, 1.54) is 6.92 Å². The van der Waals surface area contributed by atoms with Crippen molar-refractivity contribution < 1.29 is 9.59 Å². The molecule has 0 heterocycles. The van der Waals surface area contributed by atoms with Crippen molar-refractivity contribution >= 4 is 29.1 Å². The highest BCUT2D eigenvalue weighted by molar-refractivity contribution is 6.31. The number of hydrogen-bond donors (Lipinski definition) is 1. The van der Waals surface area contributed by atoms with E-state index >= 15 is 0 Å². The highest BCUT2D eigenvalue weighted by atomic mass is 35.5. The summed E-state index contributed by atoms with van der Waals surface area (Å²) in [6.07, 6.45) is 0.233. The van der Waals surface area contributed by atoms with Crippen LogP contribution in [-0.4, -0.2) is 23.3 Å². The van der Waals surface area contributed by atoms with Gasteiger partial charge in [-0.3, -0.25) is 9.59 Å². The standard InChI is InChI=1S/C20H23ClN2O2/c1-14-6-4-7-17(12-14)13-23(16(3)24)11-10-20(25)22-19-9-5-8-18(21)15(19)2/h4-9,12H,10-11,13H2,1-3H3,(H,22,25). The van der Waals surface area contributed by atoms with Crippen molar-refractivity contribution in [2.24, 2.45) is 0 Å². The molecule has 0 aliphatic rings. The maximum atomic E-state index is 12.2. The smallest absolute Gasteiger partial charge is 0.226 e. The van der Waals surface area contributed by atoms with Crippen molar-refractivity contribution in [3.05, 3.63) is 64.2 Å². The molecule has 2 amide bonds. The molecule has 2 aromatic carbocycles. The molecular weight excluding hydrogens is 336 g/mol. The Balaban J connectivity index is 1.95. The van der Waals surface area contributed by atoms with Crippen LogP contribution in [0.25, 0.3) is 0 Å². The van der Waals surface area contributed by atoms with Crippen LogP contribution in [0.15, 0.2) is 42.5 Å². The van der Waals surface area contributed by atoms with E-state index in [2.05, 4.69) is 5.32 Å². The van der Waals surface area contributed by atoms with Gasteiger partial charge in [0.05, 0.1) is 0 Å². The fraction of sp³-hybridized carbons (Fsp3) is 0.300. The zero-order valence-electron chi connectivity index (χ0n) is 14.8. The maximum absolute atomic E-state index is 12.2. The first-order valence-corrected chi connectivity index (χ1v) is 8.60. The molecule has 0 saturated carbocycles. The Morgan fingerprint density at radius 2 is 1.84 bits per heavy atom. The highest BCUT2D eigenvalue weighted by Crippen LogP contribution is 2.23. The average Bonchev–Trinajstić information content (AvgIpc) is 2.55. The molecule has 0 fully saturated rings. The van der Waals surface area contributed by atoms with Gasteiger partial charge in [-0.15, -0.1) is 0 Å². The van der Waals surface area contributed by atoms with E-state index in [0.29, 0.717) is 23.8 Å². The number of nitrogens with one attached hydrogen (secondary N) is 1. The van der Waals surface area contributed by atoms with Crippen LogP contribution >= 0.6 is 11.6 Å². The molecule has 0 saturated heterocycles. The number of nitrogens with zero attached hydrogens (tertiary/aromatic N) is 1. The molecular formula is C20H23ClN2O2. The summed E-state index contributed by atoms with van der Waals surface area (Å²) in [5.41, 5.74) is 3.74. The number of hydrogen-bond acceptors (Lipinski definition) is 2. The number of aryl methyl sites for hydroxylation is 1. The fourth-order valence-corrected chi connectivity index (χ4v) is 2.75. The van der Waals surface area contributed by atoms with Gasteiger partial charge < -0.3 is 10.2 Å². The molecule has 0 unspecified atom stereocenters. The number of benzene rings is 2. The SMILES string of the molecule is CC(=O)N(CCC(=O)Nc1cccc(Cl)c1C)Cc1cccc(C)c1. The average molecular weight is 359 g/mol. The first-order chi connectivity index (χ1) is 11.9. The molecule has 0 spiro atoms. The van der Waals surface area contributed by atoms with Gasteiger partial charge in [-0.1, -0.05) is 47.5 Å². The lowest BCUT2D eigenvalue weighted by Crippen LogP contribution is -2.31. The maximum Gasteiger partial charge on any atom is 0.226 e. The molecule has 0 aromatic heterocycles. The Morgan fingerprint density at radius 3 is 2.52 bits per heavy atom. The van der Waals surface area contributed by atoms with Crippen molar-refractivity contribution in [3.63, 3.8) is 0 Å². The largest absolute Gasteiger partial charge is 0.338 e. The highest BCUT2D eigenvalue weighted by Gasteiger charge is 2.13. The first-order valence-electron chi connectivity index (χ1n) is 8.23. The van der Waals surface area contributed by atoms with E-state index in [0.717, 1.165) is 16.7 Å². The minimum Gasteiger partial charge on any atom is -0.338 e. The van der Waals surface area contributed by atoms with Crippen LogP contribution in [0.1, 0.15) is 30.0 Å². The van der Waals surface area contributed by atoms with Gasteiger partial charge in [0.1, 0.15) is 0 Å². The lowest BCUT2D eigenvalue weighted by atomic mass is 10.1. The third kappa shape index (κ3) is 5.61. The minimum atomic E-state index is -0.138. The van der Waals surface area contributed by atoms with Gasteiger partial charge >= 0.3 is 0 Å². The minimum absolute atomic E-state index is 0.0479. The summed E-state index contributed by atoms with van der Waals surface area (Å²) >= 11 is 6.07. The zero-order valence-corrected chi connectivity index (χ0v) is 15.6. The molecule has 0 atom stereocenters. The summed E-state index contributed by atoms with van der Waals surface area (Å²) in [5.74, 6) is -0.186. The second-order valence-corrected chi connectivity index (χ2v) is 6.55. The predicted molar refractivity (Wildman–Crippen MR) is 102 cm³/mol. The third-order valence-electron chi connectivity index (χ3n) is 4.05. The predicted octanol–water partition coefficient (Wildman–Crippen LogP) is 4.33. The Morgan fingerprint density at radius 1 is 1.12 bits per heavy atom. The van der Waals surface area contributed by atoms with Gasteiger partial charge in [0.2, 0.25) is 11.8 Å². The quantitative estimate of drug-likeness (QED) is 0.835. The Kier molecular flexibility index (Phi) is 6.59. The summed E-state index contributed by atoms with van der Waals surface area (Å²) < 4.78 is 0. The van der Waals surface area contributed by atoms with Gasteiger partial charge in [0.25, 0.3) is 0 Å². The monoisotopic (exact) mass is 358 g/mol. The van der Waals surface area contributed by atoms with Gasteiger partial charge in [0.15, 0.2) is 0 Å². The number of carbonyl (C=O) groups excluding carboxylic acids is 2. The molecule has 25 heavy (non-hydrogen) atoms. The summed E-state index contributed by atoms with van der Waals surface area (Å²) in [7, 11) is 0. The van der Waals surface area contributed by atoms with Crippen LogP contribution in [0.4, 0.5) is 5.69 Å². The van der Waals surface area contributed by atoms with Crippen LogP contribution in [0.3, 0.4) is 0 Å². The summed E-state index contributed by atoms with van der Waals surface area (Å²) in [6, 6.07) is 13.4. The summed E-state index contributed by atoms with van der Waals surface area (Å²) in [5, 5.41) is 3.47. The number of carbonyl (C=O) groups is 2. The van der Waals surface area contributed by atoms with Crippen LogP contribution in [0.2, 0.25) is 5.02 Å². The lowest BCUT2D eigenvalue weighted by molar-refractivity contribution is -0.129. The molecule has 0 aliphatic heterocycles. The van der Waals surface area contributed by atoms with Crippen LogP contribution in [0.5, 0.6) is 0 Å². The molecule has 2 aromatic rings. The van der Waals surface area contributed by atoms with Crippen LogP contribution in [-0.2, 0) is 16.1 Å². The first kappa shape index (κ1) is 19.0. The van der Waals surface area contributed by atoms with Gasteiger partial charge in [-0.05, 0) is 37.1 Å². The Labute approximate surface area is 153 Å². The molecule has 4 nitrogen and oxygen atoms in total. The van der Waals surface area contributed by atoms with Crippen molar-refractivity contribution in [2.75, 3.05) is 11.9 Å². The number of amides is 2. The second kappa shape index (κ2) is 8.67. The van der Waals surface area contributed by atoms with Crippen molar-refractivity contribution in [3.8, 4) is 0 Å². The number of rotatable bonds is 6. The molecule has 0 bridgehead atoms. The molecule has 132 valence electrons.